The summed E-state index contributed by atoms with van der Waals surface area (Å²) in [6.45, 7) is 0.617. The molecule has 0 saturated heterocycles. The Labute approximate surface area is 359 Å². The summed E-state index contributed by atoms with van der Waals surface area (Å²) in [4.78, 5) is 38.0. The lowest BCUT2D eigenvalue weighted by atomic mass is 10.0. The van der Waals surface area contributed by atoms with Crippen LogP contribution in [0.1, 0.15) is 102 Å². The Morgan fingerprint density at radius 2 is 0.783 bits per heavy atom. The minimum absolute atomic E-state index is 0.206. The van der Waals surface area contributed by atoms with E-state index in [1.54, 1.807) is 72.8 Å². The van der Waals surface area contributed by atoms with E-state index in [1.165, 1.54) is 0 Å². The molecule has 0 bridgehead atoms. The Balaban J connectivity index is 1.11. The van der Waals surface area contributed by atoms with Gasteiger partial charge in [-0.15, -0.1) is 50.1 Å². The highest BCUT2D eigenvalue weighted by Crippen LogP contribution is 2.33. The number of hydrogen-bond donors (Lipinski definition) is 3. The maximum absolute atomic E-state index is 12.7. The summed E-state index contributed by atoms with van der Waals surface area (Å²) in [5.74, 6) is 0.457. The van der Waals surface area contributed by atoms with Crippen LogP contribution in [0.3, 0.4) is 0 Å². The number of carbonyl (C=O) groups excluding carboxylic acids is 3. The lowest BCUT2D eigenvalue weighted by Gasteiger charge is -2.20. The molecule has 3 unspecified atom stereocenters. The zero-order valence-corrected chi connectivity index (χ0v) is 34.2. The van der Waals surface area contributed by atoms with Gasteiger partial charge in [0, 0.05) is 51.0 Å². The first kappa shape index (κ1) is 42.1. The van der Waals surface area contributed by atoms with Crippen molar-refractivity contribution in [3.8, 4) is 0 Å². The monoisotopic (exact) mass is 876 g/mol. The fourth-order valence-corrected chi connectivity index (χ4v) is 6.40. The summed E-state index contributed by atoms with van der Waals surface area (Å²) in [6, 6.07) is 25.9. The van der Waals surface area contributed by atoms with E-state index in [-0.39, 0.29) is 37.5 Å². The van der Waals surface area contributed by atoms with Crippen LogP contribution in [0.5, 0.6) is 0 Å². The SMILES string of the molecule is O=C(OCCCCl)c1cccc(C2=NNC(c3cc(C4NN=C(c5cccc(C(=O)OCCCCl)c5)O4)cc(C4NN=C(c5cccc(C(=O)OCCCCl)c5)O4)c3)O2)c1. The normalized spacial score (nSPS) is 17.6. The van der Waals surface area contributed by atoms with Crippen molar-refractivity contribution in [2.45, 2.75) is 37.9 Å². The average Bonchev–Trinajstić information content (AvgIpc) is 4.09. The number of alkyl halides is 3. The topological polar surface area (TPSA) is 180 Å². The molecule has 18 heteroatoms. The van der Waals surface area contributed by atoms with Gasteiger partial charge in [0.15, 0.2) is 0 Å². The molecule has 312 valence electrons. The molecule has 0 spiro atoms. The molecule has 60 heavy (non-hydrogen) atoms. The van der Waals surface area contributed by atoms with E-state index in [4.69, 9.17) is 63.2 Å². The summed E-state index contributed by atoms with van der Waals surface area (Å²) in [6.07, 6.45) is -0.702. The Bertz CT molecular complexity index is 2050. The number of hydrogen-bond acceptors (Lipinski definition) is 15. The Kier molecular flexibility index (Phi) is 14.2. The number of carbonyl (C=O) groups is 3. The van der Waals surface area contributed by atoms with Crippen molar-refractivity contribution in [1.29, 1.82) is 0 Å². The van der Waals surface area contributed by atoms with Crippen LogP contribution in [0.2, 0.25) is 0 Å². The number of benzene rings is 4. The second-order valence-corrected chi connectivity index (χ2v) is 14.5. The Hall–Kier alpha value is -6.03. The van der Waals surface area contributed by atoms with Gasteiger partial charge in [0.1, 0.15) is 0 Å². The molecule has 0 fully saturated rings. The number of nitrogens with one attached hydrogen (secondary N) is 3. The van der Waals surface area contributed by atoms with E-state index < -0.39 is 36.6 Å². The van der Waals surface area contributed by atoms with E-state index in [2.05, 4.69) is 31.6 Å². The minimum atomic E-state index is -0.774. The zero-order chi connectivity index (χ0) is 41.8. The molecule has 0 saturated carbocycles. The molecule has 3 N–H and O–H groups in total. The van der Waals surface area contributed by atoms with Crippen LogP contribution in [0.4, 0.5) is 0 Å². The third-order valence-electron chi connectivity index (χ3n) is 9.02. The largest absolute Gasteiger partial charge is 0.462 e. The Morgan fingerprint density at radius 3 is 1.07 bits per heavy atom. The van der Waals surface area contributed by atoms with Gasteiger partial charge in [-0.3, -0.25) is 16.3 Å². The van der Waals surface area contributed by atoms with Gasteiger partial charge in [-0.05, 0) is 92.1 Å². The van der Waals surface area contributed by atoms with Crippen molar-refractivity contribution >= 4 is 70.4 Å². The van der Waals surface area contributed by atoms with Crippen molar-refractivity contribution in [2.24, 2.45) is 15.3 Å². The number of nitrogens with zero attached hydrogens (tertiary/aromatic N) is 3. The predicted octanol–water partition coefficient (Wildman–Crippen LogP) is 6.98. The van der Waals surface area contributed by atoms with Crippen LogP contribution >= 0.6 is 34.8 Å². The smallest absolute Gasteiger partial charge is 0.338 e. The second-order valence-electron chi connectivity index (χ2n) is 13.3. The number of ether oxygens (including phenoxy) is 6. The van der Waals surface area contributed by atoms with Crippen molar-refractivity contribution in [1.82, 2.24) is 16.3 Å². The third-order valence-corrected chi connectivity index (χ3v) is 9.82. The molecule has 0 aromatic heterocycles. The summed E-state index contributed by atoms with van der Waals surface area (Å²) in [7, 11) is 0. The number of hydrazone groups is 3. The molecule has 3 aliphatic heterocycles. The van der Waals surface area contributed by atoms with Crippen LogP contribution in [0.15, 0.2) is 106 Å². The van der Waals surface area contributed by atoms with E-state index in [0.717, 1.165) is 0 Å². The van der Waals surface area contributed by atoms with Gasteiger partial charge in [0.05, 0.1) is 36.5 Å². The number of halogens is 3. The lowest BCUT2D eigenvalue weighted by molar-refractivity contribution is 0.0496. The molecular formula is C42H39Cl3N6O9. The molecule has 3 atom stereocenters. The molecule has 0 amide bonds. The fraction of sp³-hybridized carbons (Fsp3) is 0.286. The molecule has 3 aliphatic rings. The predicted molar refractivity (Wildman–Crippen MR) is 223 cm³/mol. The first-order chi connectivity index (χ1) is 29.3. The summed E-state index contributed by atoms with van der Waals surface area (Å²) < 4.78 is 34.9. The zero-order valence-electron chi connectivity index (χ0n) is 31.9. The number of rotatable bonds is 18. The van der Waals surface area contributed by atoms with Crippen LogP contribution in [-0.2, 0) is 28.4 Å². The minimum Gasteiger partial charge on any atom is -0.462 e. The molecule has 7 rings (SSSR count). The van der Waals surface area contributed by atoms with Crippen molar-refractivity contribution in [3.63, 3.8) is 0 Å². The van der Waals surface area contributed by atoms with Crippen molar-refractivity contribution < 1.29 is 42.8 Å². The maximum atomic E-state index is 12.7. The molecule has 15 nitrogen and oxygen atoms in total. The highest BCUT2D eigenvalue weighted by Gasteiger charge is 2.31. The van der Waals surface area contributed by atoms with E-state index >= 15 is 0 Å². The molecule has 4 aromatic carbocycles. The lowest BCUT2D eigenvalue weighted by Crippen LogP contribution is -2.19. The van der Waals surface area contributed by atoms with Gasteiger partial charge in [-0.25, -0.2) is 14.4 Å². The fourth-order valence-electron chi connectivity index (χ4n) is 6.07. The molecule has 0 radical (unpaired) electrons. The highest BCUT2D eigenvalue weighted by atomic mass is 35.5. The van der Waals surface area contributed by atoms with Crippen LogP contribution in [-0.4, -0.2) is 73.1 Å². The van der Waals surface area contributed by atoms with Gasteiger partial charge in [0.25, 0.3) is 0 Å². The third kappa shape index (κ3) is 10.4. The van der Waals surface area contributed by atoms with E-state index in [0.29, 0.717) is 87.0 Å². The van der Waals surface area contributed by atoms with Gasteiger partial charge in [-0.1, -0.05) is 18.2 Å². The first-order valence-corrected chi connectivity index (χ1v) is 20.6. The molecule has 4 aromatic rings. The van der Waals surface area contributed by atoms with E-state index in [9.17, 15) is 14.4 Å². The quantitative estimate of drug-likeness (QED) is 0.0405. The summed E-state index contributed by atoms with van der Waals surface area (Å²) in [5.41, 5.74) is 13.7. The Morgan fingerprint density at radius 1 is 0.483 bits per heavy atom. The number of esters is 3. The van der Waals surface area contributed by atoms with Crippen molar-refractivity contribution in [2.75, 3.05) is 37.5 Å². The van der Waals surface area contributed by atoms with Gasteiger partial charge in [-0.2, -0.15) is 0 Å². The summed E-state index contributed by atoms with van der Waals surface area (Å²) in [5, 5.41) is 13.3. The van der Waals surface area contributed by atoms with Crippen LogP contribution in [0.25, 0.3) is 0 Å². The molecule has 3 heterocycles. The van der Waals surface area contributed by atoms with E-state index in [1.807, 2.05) is 18.2 Å². The highest BCUT2D eigenvalue weighted by molar-refractivity contribution is 6.18. The van der Waals surface area contributed by atoms with Crippen LogP contribution in [0, 0.1) is 0 Å². The maximum Gasteiger partial charge on any atom is 0.338 e. The second kappa shape index (κ2) is 20.3. The van der Waals surface area contributed by atoms with Crippen molar-refractivity contribution in [3.05, 3.63) is 141 Å². The summed E-state index contributed by atoms with van der Waals surface area (Å²) >= 11 is 17.2. The van der Waals surface area contributed by atoms with Gasteiger partial charge in [0.2, 0.25) is 36.4 Å². The van der Waals surface area contributed by atoms with Crippen LogP contribution < -0.4 is 16.3 Å². The van der Waals surface area contributed by atoms with Gasteiger partial charge >= 0.3 is 17.9 Å². The molecule has 0 aliphatic carbocycles. The average molecular weight is 878 g/mol. The standard InChI is InChI=1S/C42H39Cl3N6O9/c43-13-4-16-55-40(52)28-10-1-7-25(19-28)34-46-49-37(58-34)31-22-32(38-50-47-35(59-38)26-8-2-11-29(20-26)41(53)56-17-5-14-44)24-33(23-31)39-51-48-36(60-39)27-9-3-12-30(21-27)42(54)57-18-6-15-45/h1-3,7-12,19-24,37-39,49-51H,4-6,13-18H2. The van der Waals surface area contributed by atoms with Gasteiger partial charge < -0.3 is 28.4 Å². The molecular weight excluding hydrogens is 839 g/mol. The first-order valence-electron chi connectivity index (χ1n) is 19.0.